The molecule has 0 radical (unpaired) electrons. The van der Waals surface area contributed by atoms with Gasteiger partial charge in [0.2, 0.25) is 5.91 Å². The van der Waals surface area contributed by atoms with Crippen LogP contribution in [0.4, 0.5) is 0 Å². The minimum Gasteiger partial charge on any atom is -0.383 e. The third-order valence-corrected chi connectivity index (χ3v) is 3.39. The summed E-state index contributed by atoms with van der Waals surface area (Å²) in [6.07, 6.45) is 1.08. The topological polar surface area (TPSA) is 55.6 Å². The Bertz CT molecular complexity index is 248. The monoisotopic (exact) mass is 228 g/mol. The highest BCUT2D eigenvalue weighted by Gasteiger charge is 2.35. The molecule has 0 spiro atoms. The fraction of sp³-hybridized carbons (Fsp3) is 0.917. The van der Waals surface area contributed by atoms with E-state index in [9.17, 15) is 4.79 Å². The van der Waals surface area contributed by atoms with E-state index < -0.39 is 6.04 Å². The van der Waals surface area contributed by atoms with Crippen molar-refractivity contribution in [1.29, 1.82) is 0 Å². The van der Waals surface area contributed by atoms with Gasteiger partial charge in [-0.1, -0.05) is 20.8 Å². The first-order valence-corrected chi connectivity index (χ1v) is 5.89. The van der Waals surface area contributed by atoms with Crippen molar-refractivity contribution in [3.8, 4) is 0 Å². The van der Waals surface area contributed by atoms with Crippen molar-refractivity contribution >= 4 is 5.91 Å². The minimum absolute atomic E-state index is 0.0219. The van der Waals surface area contributed by atoms with Gasteiger partial charge in [0.15, 0.2) is 0 Å². The molecule has 1 fully saturated rings. The predicted molar refractivity (Wildman–Crippen MR) is 64.0 cm³/mol. The van der Waals surface area contributed by atoms with Crippen molar-refractivity contribution in [1.82, 2.24) is 4.90 Å². The first kappa shape index (κ1) is 13.5. The molecule has 94 valence electrons. The van der Waals surface area contributed by atoms with Crippen molar-refractivity contribution in [3.05, 3.63) is 0 Å². The second-order valence-electron chi connectivity index (χ2n) is 5.70. The molecule has 1 aliphatic heterocycles. The van der Waals surface area contributed by atoms with E-state index in [1.807, 2.05) is 4.90 Å². The van der Waals surface area contributed by atoms with Crippen LogP contribution in [0.3, 0.4) is 0 Å². The molecule has 1 rings (SSSR count). The van der Waals surface area contributed by atoms with Crippen LogP contribution in [-0.2, 0) is 9.53 Å². The lowest BCUT2D eigenvalue weighted by Gasteiger charge is -2.27. The van der Waals surface area contributed by atoms with Gasteiger partial charge in [-0.25, -0.2) is 0 Å². The molecule has 0 aromatic rings. The molecule has 4 nitrogen and oxygen atoms in total. The van der Waals surface area contributed by atoms with Gasteiger partial charge in [0.25, 0.3) is 0 Å². The average Bonchev–Trinajstić information content (AvgIpc) is 2.65. The zero-order valence-electron chi connectivity index (χ0n) is 10.8. The molecule has 0 aromatic heterocycles. The lowest BCUT2D eigenvalue weighted by Crippen LogP contribution is -2.45. The second kappa shape index (κ2) is 5.15. The maximum absolute atomic E-state index is 11.9. The number of carbonyl (C=O) groups excluding carboxylic acids is 1. The molecule has 1 heterocycles. The third kappa shape index (κ3) is 3.19. The zero-order chi connectivity index (χ0) is 12.3. The lowest BCUT2D eigenvalue weighted by molar-refractivity contribution is -0.132. The van der Waals surface area contributed by atoms with Gasteiger partial charge < -0.3 is 15.4 Å². The number of carbonyl (C=O) groups is 1. The molecule has 2 N–H and O–H groups in total. The molecule has 1 amide bonds. The first-order chi connectivity index (χ1) is 7.36. The summed E-state index contributed by atoms with van der Waals surface area (Å²) >= 11 is 0. The van der Waals surface area contributed by atoms with Crippen LogP contribution in [0.25, 0.3) is 0 Å². The van der Waals surface area contributed by atoms with Gasteiger partial charge in [-0.15, -0.1) is 0 Å². The Kier molecular flexibility index (Phi) is 4.33. The van der Waals surface area contributed by atoms with Crippen LogP contribution in [0, 0.1) is 11.3 Å². The molecule has 1 aliphatic rings. The van der Waals surface area contributed by atoms with Gasteiger partial charge in [0.05, 0.1) is 6.61 Å². The normalized spacial score (nSPS) is 23.6. The zero-order valence-corrected chi connectivity index (χ0v) is 10.8. The Labute approximate surface area is 98.1 Å². The Morgan fingerprint density at radius 2 is 2.19 bits per heavy atom. The Hall–Kier alpha value is -0.610. The third-order valence-electron chi connectivity index (χ3n) is 3.39. The largest absolute Gasteiger partial charge is 0.383 e. The van der Waals surface area contributed by atoms with E-state index in [2.05, 4.69) is 20.8 Å². The molecular formula is C12H24N2O2. The molecule has 0 bridgehead atoms. The molecule has 1 saturated heterocycles. The summed E-state index contributed by atoms with van der Waals surface area (Å²) in [4.78, 5) is 13.8. The van der Waals surface area contributed by atoms with Gasteiger partial charge in [-0.05, 0) is 17.8 Å². The maximum atomic E-state index is 11.9. The summed E-state index contributed by atoms with van der Waals surface area (Å²) in [7, 11) is 1.56. The van der Waals surface area contributed by atoms with Crippen LogP contribution in [0.2, 0.25) is 0 Å². The van der Waals surface area contributed by atoms with Crippen molar-refractivity contribution in [2.24, 2.45) is 17.1 Å². The number of methoxy groups -OCH3 is 1. The van der Waals surface area contributed by atoms with Crippen molar-refractivity contribution < 1.29 is 9.53 Å². The Morgan fingerprint density at radius 1 is 1.56 bits per heavy atom. The summed E-state index contributed by atoms with van der Waals surface area (Å²) in [6, 6.07) is -0.510. The van der Waals surface area contributed by atoms with Crippen molar-refractivity contribution in [2.75, 3.05) is 26.8 Å². The summed E-state index contributed by atoms with van der Waals surface area (Å²) in [5.41, 5.74) is 6.01. The number of nitrogens with two attached hydrogens (primary N) is 1. The molecule has 0 aromatic carbocycles. The first-order valence-electron chi connectivity index (χ1n) is 5.89. The van der Waals surface area contributed by atoms with E-state index in [0.717, 1.165) is 19.5 Å². The number of rotatable bonds is 3. The van der Waals surface area contributed by atoms with E-state index in [0.29, 0.717) is 12.5 Å². The summed E-state index contributed by atoms with van der Waals surface area (Å²) in [5, 5.41) is 0. The number of nitrogens with zero attached hydrogens (tertiary/aromatic N) is 1. The smallest absolute Gasteiger partial charge is 0.241 e. The quantitative estimate of drug-likeness (QED) is 0.779. The second-order valence-corrected chi connectivity index (χ2v) is 5.70. The van der Waals surface area contributed by atoms with Gasteiger partial charge in [-0.3, -0.25) is 4.79 Å². The summed E-state index contributed by atoms with van der Waals surface area (Å²) in [6.45, 7) is 8.63. The van der Waals surface area contributed by atoms with Crippen LogP contribution in [0.5, 0.6) is 0 Å². The average molecular weight is 228 g/mol. The van der Waals surface area contributed by atoms with E-state index >= 15 is 0 Å². The standard InChI is InChI=1S/C12H24N2O2/c1-12(2,3)9-5-6-14(7-9)11(15)10(13)8-16-4/h9-10H,5-8,13H2,1-4H3. The van der Waals surface area contributed by atoms with Gasteiger partial charge in [-0.2, -0.15) is 0 Å². The highest BCUT2D eigenvalue weighted by Crippen LogP contribution is 2.33. The fourth-order valence-corrected chi connectivity index (χ4v) is 2.15. The maximum Gasteiger partial charge on any atom is 0.241 e. The number of ether oxygens (including phenoxy) is 1. The number of likely N-dealkylation sites (tertiary alicyclic amines) is 1. The lowest BCUT2D eigenvalue weighted by atomic mass is 9.80. The van der Waals surface area contributed by atoms with Crippen molar-refractivity contribution in [3.63, 3.8) is 0 Å². The van der Waals surface area contributed by atoms with Gasteiger partial charge >= 0.3 is 0 Å². The van der Waals surface area contributed by atoms with E-state index in [4.69, 9.17) is 10.5 Å². The van der Waals surface area contributed by atoms with Crippen LogP contribution in [0.1, 0.15) is 27.2 Å². The van der Waals surface area contributed by atoms with Crippen LogP contribution < -0.4 is 5.73 Å². The number of hydrogen-bond donors (Lipinski definition) is 1. The summed E-state index contributed by atoms with van der Waals surface area (Å²) in [5.74, 6) is 0.597. The van der Waals surface area contributed by atoms with Crippen LogP contribution >= 0.6 is 0 Å². The molecule has 2 unspecified atom stereocenters. The van der Waals surface area contributed by atoms with E-state index in [1.165, 1.54) is 0 Å². The highest BCUT2D eigenvalue weighted by atomic mass is 16.5. The molecule has 4 heteroatoms. The van der Waals surface area contributed by atoms with Crippen LogP contribution in [0.15, 0.2) is 0 Å². The van der Waals surface area contributed by atoms with E-state index in [-0.39, 0.29) is 11.3 Å². The molecular weight excluding hydrogens is 204 g/mol. The SMILES string of the molecule is COCC(N)C(=O)N1CCC(C(C)(C)C)C1. The predicted octanol–water partition coefficient (Wildman–Crippen LogP) is 0.855. The summed E-state index contributed by atoms with van der Waals surface area (Å²) < 4.78 is 4.91. The van der Waals surface area contributed by atoms with Gasteiger partial charge in [0.1, 0.15) is 6.04 Å². The Balaban J connectivity index is 2.50. The van der Waals surface area contributed by atoms with Crippen molar-refractivity contribution in [2.45, 2.75) is 33.2 Å². The molecule has 2 atom stereocenters. The Morgan fingerprint density at radius 3 is 2.62 bits per heavy atom. The van der Waals surface area contributed by atoms with Crippen LogP contribution in [-0.4, -0.2) is 43.7 Å². The molecule has 0 aliphatic carbocycles. The number of hydrogen-bond acceptors (Lipinski definition) is 3. The van der Waals surface area contributed by atoms with E-state index in [1.54, 1.807) is 7.11 Å². The minimum atomic E-state index is -0.510. The molecule has 16 heavy (non-hydrogen) atoms. The van der Waals surface area contributed by atoms with Gasteiger partial charge in [0, 0.05) is 20.2 Å². The number of amides is 1. The fourth-order valence-electron chi connectivity index (χ4n) is 2.15. The molecule has 0 saturated carbocycles. The highest BCUT2D eigenvalue weighted by molar-refractivity contribution is 5.82.